The maximum atomic E-state index is 14.3. The molecule has 0 spiro atoms. The molecule has 0 radical (unpaired) electrons. The fourth-order valence-electron chi connectivity index (χ4n) is 3.04. The molecule has 1 fully saturated rings. The lowest BCUT2D eigenvalue weighted by molar-refractivity contribution is -0.123. The van der Waals surface area contributed by atoms with E-state index in [0.29, 0.717) is 29.6 Å². The number of hydrogen-bond donors (Lipinski definition) is 1. The largest absolute Gasteiger partial charge is 0.359 e. The Bertz CT molecular complexity index is 751. The van der Waals surface area contributed by atoms with E-state index >= 15 is 0 Å². The van der Waals surface area contributed by atoms with Gasteiger partial charge in [-0.1, -0.05) is 29.8 Å². The Kier molecular flexibility index (Phi) is 3.50. The van der Waals surface area contributed by atoms with Gasteiger partial charge in [0, 0.05) is 17.4 Å². The number of rotatable bonds is 4. The average Bonchev–Trinajstić information content (AvgIpc) is 3.36. The van der Waals surface area contributed by atoms with Crippen LogP contribution in [0.3, 0.4) is 0 Å². The minimum Gasteiger partial charge on any atom is -0.359 e. The van der Waals surface area contributed by atoms with Crippen LogP contribution in [0.25, 0.3) is 0 Å². The second-order valence-corrected chi connectivity index (χ2v) is 6.38. The van der Waals surface area contributed by atoms with E-state index in [1.165, 1.54) is 12.3 Å². The van der Waals surface area contributed by atoms with Crippen molar-refractivity contribution in [2.75, 3.05) is 11.9 Å². The lowest BCUT2D eigenvalue weighted by Gasteiger charge is -2.40. The van der Waals surface area contributed by atoms with Gasteiger partial charge in [-0.3, -0.25) is 0 Å². The molecule has 1 saturated carbocycles. The van der Waals surface area contributed by atoms with Crippen molar-refractivity contribution < 1.29 is 13.5 Å². The zero-order valence-corrected chi connectivity index (χ0v) is 13.0. The molecule has 3 nitrogen and oxygen atoms in total. The fourth-order valence-corrected chi connectivity index (χ4v) is 3.32. The maximum Gasteiger partial charge on any atom is 0.275 e. The van der Waals surface area contributed by atoms with Crippen LogP contribution in [-0.4, -0.2) is 18.0 Å². The summed E-state index contributed by atoms with van der Waals surface area (Å²) in [4.78, 5) is 4.19. The molecular formula is C17H15ClF2N2O. The molecule has 0 bridgehead atoms. The molecule has 1 aliphatic carbocycles. The highest BCUT2D eigenvalue weighted by Gasteiger charge is 2.52. The predicted molar refractivity (Wildman–Crippen MR) is 84.4 cm³/mol. The van der Waals surface area contributed by atoms with Gasteiger partial charge in [0.2, 0.25) is 0 Å². The summed E-state index contributed by atoms with van der Waals surface area (Å²) in [5.41, 5.74) is -0.689. The number of pyridine rings is 1. The summed E-state index contributed by atoms with van der Waals surface area (Å²) >= 11 is 6.27. The standard InChI is InChI=1S/C17H15ClF2N2O/c18-12-7-8-21-15-14(12)17(16(19)20,23-9-10-5-6-10)11-3-1-2-4-13(11)22-15/h1-4,7-8,10,16H,5-6,9H2,(H,21,22). The van der Waals surface area contributed by atoms with Gasteiger partial charge in [0.05, 0.1) is 17.2 Å². The number of fused-ring (bicyclic) bond motifs is 2. The monoisotopic (exact) mass is 336 g/mol. The molecule has 1 N–H and O–H groups in total. The molecule has 120 valence electrons. The normalized spacial score (nSPS) is 22.4. The van der Waals surface area contributed by atoms with Gasteiger partial charge in [0.25, 0.3) is 6.43 Å². The van der Waals surface area contributed by atoms with E-state index in [-0.39, 0.29) is 10.6 Å². The molecule has 2 aromatic rings. The Labute approximate surface area is 137 Å². The number of benzene rings is 1. The van der Waals surface area contributed by atoms with E-state index in [4.69, 9.17) is 16.3 Å². The summed E-state index contributed by atoms with van der Waals surface area (Å²) in [6.45, 7) is 0.295. The first-order valence-electron chi connectivity index (χ1n) is 7.56. The molecule has 2 heterocycles. The summed E-state index contributed by atoms with van der Waals surface area (Å²) in [6.07, 6.45) is 0.781. The number of anilines is 2. The molecule has 6 heteroatoms. The summed E-state index contributed by atoms with van der Waals surface area (Å²) < 4.78 is 34.6. The molecule has 23 heavy (non-hydrogen) atoms. The molecule has 1 unspecified atom stereocenters. The summed E-state index contributed by atoms with van der Waals surface area (Å²) in [5.74, 6) is 0.680. The predicted octanol–water partition coefficient (Wildman–Crippen LogP) is 4.73. The Hall–Kier alpha value is -1.72. The first-order valence-corrected chi connectivity index (χ1v) is 7.94. The second-order valence-electron chi connectivity index (χ2n) is 5.98. The molecule has 0 amide bonds. The quantitative estimate of drug-likeness (QED) is 0.876. The number of nitrogens with zero attached hydrogens (tertiary/aromatic N) is 1. The second kappa shape index (κ2) is 5.42. The lowest BCUT2D eigenvalue weighted by Crippen LogP contribution is -2.43. The first-order chi connectivity index (χ1) is 11.1. The number of para-hydroxylation sites is 1. The summed E-state index contributed by atoms with van der Waals surface area (Å²) in [5, 5.41) is 3.32. The number of aromatic nitrogens is 1. The van der Waals surface area contributed by atoms with Gasteiger partial charge in [-0.25, -0.2) is 13.8 Å². The zero-order chi connectivity index (χ0) is 16.0. The average molecular weight is 337 g/mol. The molecule has 4 rings (SSSR count). The minimum absolute atomic E-state index is 0.219. The van der Waals surface area contributed by atoms with E-state index in [1.807, 2.05) is 0 Å². The number of ether oxygens (including phenoxy) is 1. The van der Waals surface area contributed by atoms with Crippen molar-refractivity contribution in [3.05, 3.63) is 52.7 Å². The van der Waals surface area contributed by atoms with Crippen LogP contribution < -0.4 is 5.32 Å². The third-order valence-corrected chi connectivity index (χ3v) is 4.72. The molecule has 1 aromatic carbocycles. The Morgan fingerprint density at radius 3 is 2.83 bits per heavy atom. The molecule has 1 aliphatic heterocycles. The van der Waals surface area contributed by atoms with Gasteiger partial charge < -0.3 is 10.1 Å². The van der Waals surface area contributed by atoms with Crippen LogP contribution in [0.15, 0.2) is 36.5 Å². The molecule has 2 aliphatic rings. The number of alkyl halides is 2. The third kappa shape index (κ3) is 2.30. The maximum absolute atomic E-state index is 14.3. The van der Waals surface area contributed by atoms with Gasteiger partial charge in [-0.15, -0.1) is 0 Å². The summed E-state index contributed by atoms with van der Waals surface area (Å²) in [7, 11) is 0. The smallest absolute Gasteiger partial charge is 0.275 e. The van der Waals surface area contributed by atoms with Gasteiger partial charge in [-0.2, -0.15) is 0 Å². The van der Waals surface area contributed by atoms with E-state index in [9.17, 15) is 8.78 Å². The van der Waals surface area contributed by atoms with Crippen molar-refractivity contribution in [2.45, 2.75) is 24.9 Å². The van der Waals surface area contributed by atoms with Crippen molar-refractivity contribution >= 4 is 23.1 Å². The van der Waals surface area contributed by atoms with E-state index in [0.717, 1.165) is 12.8 Å². The van der Waals surface area contributed by atoms with Crippen LogP contribution in [-0.2, 0) is 10.3 Å². The van der Waals surface area contributed by atoms with E-state index in [1.54, 1.807) is 24.3 Å². The van der Waals surface area contributed by atoms with Crippen LogP contribution in [0.1, 0.15) is 24.0 Å². The van der Waals surface area contributed by atoms with Gasteiger partial charge in [-0.05, 0) is 30.9 Å². The van der Waals surface area contributed by atoms with E-state index < -0.39 is 12.0 Å². The molecule has 1 atom stereocenters. The van der Waals surface area contributed by atoms with Crippen molar-refractivity contribution in [1.29, 1.82) is 0 Å². The van der Waals surface area contributed by atoms with Gasteiger partial charge >= 0.3 is 0 Å². The van der Waals surface area contributed by atoms with Crippen LogP contribution in [0.2, 0.25) is 5.02 Å². The van der Waals surface area contributed by atoms with Gasteiger partial charge in [0.1, 0.15) is 5.82 Å². The Morgan fingerprint density at radius 1 is 1.30 bits per heavy atom. The van der Waals surface area contributed by atoms with Crippen LogP contribution in [0.5, 0.6) is 0 Å². The lowest BCUT2D eigenvalue weighted by atomic mass is 9.82. The molecular weight excluding hydrogens is 322 g/mol. The Balaban J connectivity index is 1.94. The van der Waals surface area contributed by atoms with Crippen molar-refractivity contribution in [3.63, 3.8) is 0 Å². The topological polar surface area (TPSA) is 34.1 Å². The first kappa shape index (κ1) is 14.8. The number of nitrogens with one attached hydrogen (secondary N) is 1. The van der Waals surface area contributed by atoms with Crippen LogP contribution in [0.4, 0.5) is 20.3 Å². The fraction of sp³-hybridized carbons (Fsp3) is 0.353. The Morgan fingerprint density at radius 2 is 2.09 bits per heavy atom. The number of halogens is 3. The SMILES string of the molecule is FC(F)C1(OCC2CC2)c2ccccc2Nc2nccc(Cl)c21. The van der Waals surface area contributed by atoms with Gasteiger partial charge in [0.15, 0.2) is 5.60 Å². The van der Waals surface area contributed by atoms with Crippen molar-refractivity contribution in [2.24, 2.45) is 5.92 Å². The van der Waals surface area contributed by atoms with Crippen molar-refractivity contribution in [3.8, 4) is 0 Å². The van der Waals surface area contributed by atoms with Crippen LogP contribution >= 0.6 is 11.6 Å². The van der Waals surface area contributed by atoms with Crippen LogP contribution in [0, 0.1) is 5.92 Å². The zero-order valence-electron chi connectivity index (χ0n) is 12.2. The molecule has 1 aromatic heterocycles. The minimum atomic E-state index is -2.76. The highest BCUT2D eigenvalue weighted by atomic mass is 35.5. The number of hydrogen-bond acceptors (Lipinski definition) is 3. The van der Waals surface area contributed by atoms with E-state index in [2.05, 4.69) is 10.3 Å². The highest BCUT2D eigenvalue weighted by Crippen LogP contribution is 2.52. The summed E-state index contributed by atoms with van der Waals surface area (Å²) in [6, 6.07) is 8.45. The van der Waals surface area contributed by atoms with Crippen molar-refractivity contribution in [1.82, 2.24) is 4.98 Å². The molecule has 0 saturated heterocycles. The third-order valence-electron chi connectivity index (χ3n) is 4.40. The highest BCUT2D eigenvalue weighted by molar-refractivity contribution is 6.32.